The summed E-state index contributed by atoms with van der Waals surface area (Å²) in [6.07, 6.45) is 7.98. The van der Waals surface area contributed by atoms with Crippen molar-refractivity contribution in [3.63, 3.8) is 0 Å². The van der Waals surface area contributed by atoms with Gasteiger partial charge in [0.15, 0.2) is 0 Å². The van der Waals surface area contributed by atoms with E-state index in [1.165, 1.54) is 19.3 Å². The van der Waals surface area contributed by atoms with E-state index in [4.69, 9.17) is 10.5 Å². The highest BCUT2D eigenvalue weighted by atomic mass is 16.5. The molecule has 1 heterocycles. The Labute approximate surface area is 110 Å². The van der Waals surface area contributed by atoms with Crippen LogP contribution < -0.4 is 5.73 Å². The van der Waals surface area contributed by atoms with Gasteiger partial charge in [0.1, 0.15) is 0 Å². The topological polar surface area (TPSA) is 53.1 Å². The van der Waals surface area contributed by atoms with Gasteiger partial charge in [-0.2, -0.15) is 5.10 Å². The van der Waals surface area contributed by atoms with Crippen molar-refractivity contribution >= 4 is 0 Å². The Bertz CT molecular complexity index is 367. The average Bonchev–Trinajstić information content (AvgIpc) is 2.87. The molecule has 1 aliphatic carbocycles. The molecule has 1 aromatic heterocycles. The average molecular weight is 251 g/mol. The second kappa shape index (κ2) is 5.85. The first-order valence-corrected chi connectivity index (χ1v) is 7.03. The lowest BCUT2D eigenvalue weighted by Gasteiger charge is -2.36. The first-order chi connectivity index (χ1) is 8.65. The highest BCUT2D eigenvalue weighted by molar-refractivity contribution is 4.98. The molecule has 0 atom stereocenters. The van der Waals surface area contributed by atoms with E-state index in [-0.39, 0.29) is 5.60 Å². The Balaban J connectivity index is 1.92. The van der Waals surface area contributed by atoms with Crippen LogP contribution in [-0.2, 0) is 11.3 Å². The number of hydrogen-bond donors (Lipinski definition) is 1. The molecule has 0 amide bonds. The van der Waals surface area contributed by atoms with Crippen LogP contribution in [0.1, 0.15) is 57.7 Å². The molecule has 0 saturated heterocycles. The van der Waals surface area contributed by atoms with Gasteiger partial charge in [0, 0.05) is 18.8 Å². The minimum atomic E-state index is -0.0974. The van der Waals surface area contributed by atoms with E-state index in [2.05, 4.69) is 18.9 Å². The maximum atomic E-state index is 6.10. The molecule has 0 spiro atoms. The van der Waals surface area contributed by atoms with Crippen molar-refractivity contribution in [1.82, 2.24) is 9.78 Å². The molecule has 18 heavy (non-hydrogen) atoms. The van der Waals surface area contributed by atoms with E-state index in [0.29, 0.717) is 19.2 Å². The van der Waals surface area contributed by atoms with Gasteiger partial charge in [-0.05, 0) is 32.8 Å². The molecular formula is C14H25N3O. The molecule has 1 aliphatic rings. The normalized spacial score (nSPS) is 19.3. The zero-order chi connectivity index (χ0) is 13.0. The van der Waals surface area contributed by atoms with Crippen LogP contribution in [0.3, 0.4) is 0 Å². The van der Waals surface area contributed by atoms with Crippen molar-refractivity contribution in [2.45, 2.75) is 64.2 Å². The van der Waals surface area contributed by atoms with Gasteiger partial charge in [-0.1, -0.05) is 19.3 Å². The maximum absolute atomic E-state index is 6.10. The minimum Gasteiger partial charge on any atom is -0.367 e. The summed E-state index contributed by atoms with van der Waals surface area (Å²) in [5.74, 6) is 0. The van der Waals surface area contributed by atoms with Crippen LogP contribution in [-0.4, -0.2) is 21.9 Å². The minimum absolute atomic E-state index is 0.0974. The number of rotatable bonds is 5. The highest BCUT2D eigenvalue weighted by Crippen LogP contribution is 2.31. The zero-order valence-corrected chi connectivity index (χ0v) is 11.6. The third kappa shape index (κ3) is 3.12. The Hall–Kier alpha value is -0.870. The summed E-state index contributed by atoms with van der Waals surface area (Å²) in [4.78, 5) is 0. The van der Waals surface area contributed by atoms with Gasteiger partial charge < -0.3 is 10.5 Å². The summed E-state index contributed by atoms with van der Waals surface area (Å²) in [6, 6.07) is 2.43. The lowest BCUT2D eigenvalue weighted by Crippen LogP contribution is -2.42. The third-order valence-electron chi connectivity index (χ3n) is 3.86. The Morgan fingerprint density at radius 1 is 1.39 bits per heavy atom. The Morgan fingerprint density at radius 3 is 2.67 bits per heavy atom. The molecular weight excluding hydrogens is 226 g/mol. The fourth-order valence-electron chi connectivity index (χ4n) is 2.57. The Kier molecular flexibility index (Phi) is 4.40. The molecule has 4 heteroatoms. The van der Waals surface area contributed by atoms with Gasteiger partial charge in [-0.15, -0.1) is 0 Å². The van der Waals surface area contributed by atoms with Gasteiger partial charge >= 0.3 is 0 Å². The van der Waals surface area contributed by atoms with E-state index in [9.17, 15) is 0 Å². The van der Waals surface area contributed by atoms with Gasteiger partial charge in [0.2, 0.25) is 0 Å². The summed E-state index contributed by atoms with van der Waals surface area (Å²) < 4.78 is 8.06. The molecule has 0 unspecified atom stereocenters. The SMILES string of the molecule is CC(C)n1ccc(COC2(CN)CCCCC2)n1. The summed E-state index contributed by atoms with van der Waals surface area (Å²) >= 11 is 0. The van der Waals surface area contributed by atoms with Crippen molar-refractivity contribution in [1.29, 1.82) is 0 Å². The van der Waals surface area contributed by atoms with Crippen molar-refractivity contribution in [2.75, 3.05) is 6.54 Å². The fraction of sp³-hybridized carbons (Fsp3) is 0.786. The number of hydrogen-bond acceptors (Lipinski definition) is 3. The molecule has 1 saturated carbocycles. The van der Waals surface area contributed by atoms with Crippen molar-refractivity contribution in [3.05, 3.63) is 18.0 Å². The maximum Gasteiger partial charge on any atom is 0.0914 e. The summed E-state index contributed by atoms with van der Waals surface area (Å²) in [5.41, 5.74) is 6.81. The summed E-state index contributed by atoms with van der Waals surface area (Å²) in [6.45, 7) is 5.45. The van der Waals surface area contributed by atoms with Crippen molar-refractivity contribution < 1.29 is 4.74 Å². The predicted octanol–water partition coefficient (Wildman–Crippen LogP) is 2.64. The van der Waals surface area contributed by atoms with E-state index in [1.807, 2.05) is 16.9 Å². The van der Waals surface area contributed by atoms with Crippen LogP contribution in [0.4, 0.5) is 0 Å². The molecule has 102 valence electrons. The molecule has 4 nitrogen and oxygen atoms in total. The second-order valence-electron chi connectivity index (χ2n) is 5.62. The van der Waals surface area contributed by atoms with Crippen LogP contribution in [0.15, 0.2) is 12.3 Å². The molecule has 0 bridgehead atoms. The molecule has 1 aromatic rings. The van der Waals surface area contributed by atoms with Crippen LogP contribution in [0.5, 0.6) is 0 Å². The zero-order valence-electron chi connectivity index (χ0n) is 11.6. The monoisotopic (exact) mass is 251 g/mol. The number of ether oxygens (including phenoxy) is 1. The van der Waals surface area contributed by atoms with Crippen LogP contribution in [0.2, 0.25) is 0 Å². The predicted molar refractivity (Wildman–Crippen MR) is 72.3 cm³/mol. The smallest absolute Gasteiger partial charge is 0.0914 e. The Morgan fingerprint density at radius 2 is 2.11 bits per heavy atom. The highest BCUT2D eigenvalue weighted by Gasteiger charge is 2.31. The molecule has 1 fully saturated rings. The summed E-state index contributed by atoms with van der Waals surface area (Å²) in [7, 11) is 0. The molecule has 0 aliphatic heterocycles. The third-order valence-corrected chi connectivity index (χ3v) is 3.86. The second-order valence-corrected chi connectivity index (χ2v) is 5.62. The van der Waals surface area contributed by atoms with Crippen molar-refractivity contribution in [2.24, 2.45) is 5.73 Å². The van der Waals surface area contributed by atoms with E-state index >= 15 is 0 Å². The van der Waals surface area contributed by atoms with E-state index in [0.717, 1.165) is 18.5 Å². The molecule has 2 rings (SSSR count). The molecule has 2 N–H and O–H groups in total. The van der Waals surface area contributed by atoms with Crippen LogP contribution in [0.25, 0.3) is 0 Å². The molecule has 0 aromatic carbocycles. The lowest BCUT2D eigenvalue weighted by atomic mass is 9.85. The van der Waals surface area contributed by atoms with Gasteiger partial charge in [0.25, 0.3) is 0 Å². The van der Waals surface area contributed by atoms with Crippen molar-refractivity contribution in [3.8, 4) is 0 Å². The van der Waals surface area contributed by atoms with Gasteiger partial charge in [-0.25, -0.2) is 0 Å². The standard InChI is InChI=1S/C14H25N3O/c1-12(2)17-9-6-13(16-17)10-18-14(11-15)7-4-3-5-8-14/h6,9,12H,3-5,7-8,10-11,15H2,1-2H3. The van der Waals surface area contributed by atoms with Crippen LogP contribution >= 0.6 is 0 Å². The lowest BCUT2D eigenvalue weighted by molar-refractivity contribution is -0.0746. The van der Waals surface area contributed by atoms with Gasteiger partial charge in [-0.3, -0.25) is 4.68 Å². The molecule has 0 radical (unpaired) electrons. The van der Waals surface area contributed by atoms with Crippen LogP contribution in [0, 0.1) is 0 Å². The fourth-order valence-corrected chi connectivity index (χ4v) is 2.57. The first-order valence-electron chi connectivity index (χ1n) is 7.03. The van der Waals surface area contributed by atoms with Gasteiger partial charge in [0.05, 0.1) is 17.9 Å². The quantitative estimate of drug-likeness (QED) is 0.875. The first kappa shape index (κ1) is 13.6. The number of nitrogens with zero attached hydrogens (tertiary/aromatic N) is 2. The summed E-state index contributed by atoms with van der Waals surface area (Å²) in [5, 5.41) is 4.51. The van der Waals surface area contributed by atoms with E-state index in [1.54, 1.807) is 0 Å². The number of aromatic nitrogens is 2. The van der Waals surface area contributed by atoms with E-state index < -0.39 is 0 Å². The number of nitrogens with two attached hydrogens (primary N) is 1. The largest absolute Gasteiger partial charge is 0.367 e.